The van der Waals surface area contributed by atoms with Gasteiger partial charge in [-0.1, -0.05) is 0 Å². The quantitative estimate of drug-likeness (QED) is 0.232. The maximum Gasteiger partial charge on any atom is 0.417 e. The fourth-order valence-corrected chi connectivity index (χ4v) is 4.84. The molecule has 2 unspecified atom stereocenters. The summed E-state index contributed by atoms with van der Waals surface area (Å²) in [5.41, 5.74) is -1.25. The van der Waals surface area contributed by atoms with Gasteiger partial charge in [0, 0.05) is 73.6 Å². The normalized spacial score (nSPS) is 18.1. The number of aliphatic imine (C=N–C) groups is 2. The maximum atomic E-state index is 13.8. The molecule has 0 saturated carbocycles. The molecular weight excluding hydrogens is 579 g/mol. The van der Waals surface area contributed by atoms with Crippen LogP contribution in [0.4, 0.5) is 24.5 Å². The fraction of sp³-hybridized carbons (Fsp3) is 0.467. The molecule has 2 aromatic rings. The van der Waals surface area contributed by atoms with Crippen LogP contribution < -0.4 is 25.8 Å². The zero-order chi connectivity index (χ0) is 32.4. The number of amides is 1. The van der Waals surface area contributed by atoms with E-state index in [1.807, 2.05) is 14.1 Å². The predicted octanol–water partition coefficient (Wildman–Crippen LogP) is 3.53. The van der Waals surface area contributed by atoms with E-state index in [1.54, 1.807) is 18.3 Å². The molecule has 2 heterocycles. The number of benzene rings is 1. The lowest BCUT2D eigenvalue weighted by Crippen LogP contribution is -2.55. The van der Waals surface area contributed by atoms with Crippen LogP contribution in [0.25, 0.3) is 5.57 Å². The van der Waals surface area contributed by atoms with Crippen molar-refractivity contribution >= 4 is 35.8 Å². The van der Waals surface area contributed by atoms with Crippen molar-refractivity contribution in [1.82, 2.24) is 15.2 Å². The average Bonchev–Trinajstić information content (AvgIpc) is 2.97. The van der Waals surface area contributed by atoms with Crippen LogP contribution in [0.1, 0.15) is 35.3 Å². The highest BCUT2D eigenvalue weighted by Gasteiger charge is 2.36. The van der Waals surface area contributed by atoms with Gasteiger partial charge in [-0.2, -0.15) is 13.2 Å². The molecule has 0 spiro atoms. The van der Waals surface area contributed by atoms with Gasteiger partial charge in [-0.15, -0.1) is 0 Å². The molecule has 1 aromatic carbocycles. The van der Waals surface area contributed by atoms with Crippen molar-refractivity contribution in [1.29, 1.82) is 0 Å². The molecule has 1 fully saturated rings. The van der Waals surface area contributed by atoms with Crippen molar-refractivity contribution in [3.05, 3.63) is 57.6 Å². The molecular formula is C30H40F3N7O4. The Balaban J connectivity index is 2.09. The number of nitrogens with one attached hydrogen (secondary N) is 3. The van der Waals surface area contributed by atoms with Crippen molar-refractivity contribution in [3.63, 3.8) is 0 Å². The number of hydrogen-bond acceptors (Lipinski definition) is 9. The summed E-state index contributed by atoms with van der Waals surface area (Å²) >= 11 is 0. The number of hydrogen-bond donors (Lipinski definition) is 3. The number of carbonyl (C=O) groups excluding carboxylic acids is 1. The molecule has 0 bridgehead atoms. The molecule has 2 atom stereocenters. The first kappa shape index (κ1) is 34.5. The van der Waals surface area contributed by atoms with Crippen LogP contribution in [0.3, 0.4) is 0 Å². The summed E-state index contributed by atoms with van der Waals surface area (Å²) in [5.74, 6) is -0.607. The van der Waals surface area contributed by atoms with E-state index in [-0.39, 0.29) is 17.8 Å². The summed E-state index contributed by atoms with van der Waals surface area (Å²) in [4.78, 5) is 39.9. The van der Waals surface area contributed by atoms with E-state index in [4.69, 9.17) is 9.47 Å². The Morgan fingerprint density at radius 1 is 1.18 bits per heavy atom. The highest BCUT2D eigenvalue weighted by molar-refractivity contribution is 6.13. The zero-order valence-corrected chi connectivity index (χ0v) is 25.6. The third kappa shape index (κ3) is 8.77. The maximum absolute atomic E-state index is 13.8. The minimum absolute atomic E-state index is 0.145. The Labute approximate surface area is 254 Å². The number of allylic oxidation sites excluding steroid dienone is 1. The molecule has 1 aliphatic rings. The van der Waals surface area contributed by atoms with Gasteiger partial charge < -0.3 is 30.0 Å². The Morgan fingerprint density at radius 2 is 1.89 bits per heavy atom. The Morgan fingerprint density at radius 3 is 2.50 bits per heavy atom. The largest absolute Gasteiger partial charge is 0.496 e. The van der Waals surface area contributed by atoms with Crippen molar-refractivity contribution in [2.75, 3.05) is 70.8 Å². The van der Waals surface area contributed by atoms with Crippen LogP contribution in [0, 0.1) is 0 Å². The van der Waals surface area contributed by atoms with Crippen LogP contribution in [0.15, 0.2) is 45.4 Å². The second-order valence-electron chi connectivity index (χ2n) is 10.4. The number of rotatable bonds is 13. The van der Waals surface area contributed by atoms with Crippen molar-refractivity contribution in [2.45, 2.75) is 32.1 Å². The number of likely N-dealkylation sites (N-methyl/N-ethyl adjacent to an activating group) is 2. The van der Waals surface area contributed by atoms with Gasteiger partial charge in [-0.3, -0.25) is 24.5 Å². The highest BCUT2D eigenvalue weighted by Crippen LogP contribution is 2.39. The summed E-state index contributed by atoms with van der Waals surface area (Å²) in [6.45, 7) is 10.9. The molecule has 1 aromatic heterocycles. The molecule has 1 aliphatic heterocycles. The number of carbonyl (C=O) groups is 1. The first-order valence-electron chi connectivity index (χ1n) is 14.1. The van der Waals surface area contributed by atoms with Crippen molar-refractivity contribution < 1.29 is 27.4 Å². The molecule has 0 aliphatic carbocycles. The number of alkyl halides is 3. The van der Waals surface area contributed by atoms with E-state index >= 15 is 0 Å². The lowest BCUT2D eigenvalue weighted by molar-refractivity contribution is -0.138. The van der Waals surface area contributed by atoms with E-state index < -0.39 is 28.8 Å². The second kappa shape index (κ2) is 15.6. The average molecular weight is 620 g/mol. The Hall–Kier alpha value is -4.01. The van der Waals surface area contributed by atoms with Crippen LogP contribution in [0.2, 0.25) is 0 Å². The second-order valence-corrected chi connectivity index (χ2v) is 10.4. The topological polar surface area (TPSA) is 124 Å². The number of halogens is 3. The SMILES string of the molecule is C=N/C=C(\C=NCCOCCNC)c1cc(NC(=O)c2c[nH]c(=O)cc2C(F)(F)F)c(N2CC(C)N(C)C(C)C2)cc1OC. The van der Waals surface area contributed by atoms with Crippen molar-refractivity contribution in [2.24, 2.45) is 9.98 Å². The lowest BCUT2D eigenvalue weighted by Gasteiger charge is -2.44. The van der Waals surface area contributed by atoms with Gasteiger partial charge in [0.05, 0.1) is 49.4 Å². The van der Waals surface area contributed by atoms with Crippen LogP contribution in [-0.4, -0.2) is 101 Å². The van der Waals surface area contributed by atoms with Gasteiger partial charge in [-0.25, -0.2) is 0 Å². The number of nitrogens with zero attached hydrogens (tertiary/aromatic N) is 4. The van der Waals surface area contributed by atoms with Crippen LogP contribution in [-0.2, 0) is 10.9 Å². The number of aromatic amines is 1. The van der Waals surface area contributed by atoms with Gasteiger partial charge in [0.15, 0.2) is 0 Å². The third-order valence-corrected chi connectivity index (χ3v) is 7.37. The minimum atomic E-state index is -4.92. The molecule has 3 rings (SSSR count). The molecule has 0 radical (unpaired) electrons. The number of anilines is 2. The molecule has 3 N–H and O–H groups in total. The van der Waals surface area contributed by atoms with E-state index in [9.17, 15) is 22.8 Å². The summed E-state index contributed by atoms with van der Waals surface area (Å²) in [6, 6.07) is 4.01. The molecule has 1 saturated heterocycles. The lowest BCUT2D eigenvalue weighted by atomic mass is 10.0. The van der Waals surface area contributed by atoms with Gasteiger partial charge in [0.25, 0.3) is 5.91 Å². The molecule has 11 nitrogen and oxygen atoms in total. The van der Waals surface area contributed by atoms with E-state index in [2.05, 4.69) is 56.0 Å². The standard InChI is InChI=1S/C30H40F3N7O4/c1-19-17-40(18-20(2)39(19)5)26-13-27(43-6)22(21(14-35-4)15-36-8-10-44-9-7-34-3)11-25(26)38-29(42)23-16-37-28(41)12-24(23)30(31,32)33/h11-16,19-20,34H,4,7-10,17-18H2,1-3,5-6H3,(H,37,41)(H,38,42)/b21-14+,36-15?. The van der Waals surface area contributed by atoms with Gasteiger partial charge >= 0.3 is 6.18 Å². The molecule has 14 heteroatoms. The van der Waals surface area contributed by atoms with Crippen LogP contribution >= 0.6 is 0 Å². The Bertz CT molecular complexity index is 1410. The zero-order valence-electron chi connectivity index (χ0n) is 25.6. The third-order valence-electron chi connectivity index (χ3n) is 7.37. The van der Waals surface area contributed by atoms with Gasteiger partial charge in [0.2, 0.25) is 5.56 Å². The smallest absolute Gasteiger partial charge is 0.417 e. The minimum Gasteiger partial charge on any atom is -0.496 e. The summed E-state index contributed by atoms with van der Waals surface area (Å²) in [5, 5.41) is 5.66. The van der Waals surface area contributed by atoms with Gasteiger partial charge in [-0.05, 0) is 40.7 Å². The summed E-state index contributed by atoms with van der Waals surface area (Å²) < 4.78 is 52.6. The number of piperazine rings is 1. The first-order chi connectivity index (χ1) is 20.9. The number of pyridine rings is 1. The molecule has 240 valence electrons. The summed E-state index contributed by atoms with van der Waals surface area (Å²) in [7, 11) is 5.35. The highest BCUT2D eigenvalue weighted by atomic mass is 19.4. The van der Waals surface area contributed by atoms with Crippen LogP contribution in [0.5, 0.6) is 5.75 Å². The molecule has 44 heavy (non-hydrogen) atoms. The predicted molar refractivity (Wildman–Crippen MR) is 168 cm³/mol. The number of aromatic nitrogens is 1. The number of methoxy groups -OCH3 is 1. The first-order valence-corrected chi connectivity index (χ1v) is 14.1. The van der Waals surface area contributed by atoms with Gasteiger partial charge in [0.1, 0.15) is 5.75 Å². The van der Waals surface area contributed by atoms with E-state index in [0.717, 1.165) is 6.20 Å². The van der Waals surface area contributed by atoms with Crippen molar-refractivity contribution in [3.8, 4) is 5.75 Å². The number of H-pyrrole nitrogens is 1. The summed E-state index contributed by atoms with van der Waals surface area (Å²) in [6.07, 6.45) is -1.11. The monoisotopic (exact) mass is 619 g/mol. The number of ether oxygens (including phenoxy) is 2. The Kier molecular flexibility index (Phi) is 12.3. The fourth-order valence-electron chi connectivity index (χ4n) is 4.84. The van der Waals surface area contributed by atoms with E-state index in [1.165, 1.54) is 13.3 Å². The van der Waals surface area contributed by atoms with E-state index in [0.29, 0.717) is 68.0 Å². The molecule has 1 amide bonds.